The number of H-pyrrole nitrogens is 2. The first kappa shape index (κ1) is 22.8. The van der Waals surface area contributed by atoms with Crippen molar-refractivity contribution in [3.63, 3.8) is 0 Å². The van der Waals surface area contributed by atoms with Gasteiger partial charge in [0.05, 0.1) is 22.9 Å². The number of alkyl halides is 1. The zero-order chi connectivity index (χ0) is 25.2. The third kappa shape index (κ3) is 3.36. The fourth-order valence-corrected chi connectivity index (χ4v) is 5.88. The van der Waals surface area contributed by atoms with Crippen LogP contribution < -0.4 is 15.6 Å². The molecule has 0 unspecified atom stereocenters. The summed E-state index contributed by atoms with van der Waals surface area (Å²) in [5.41, 5.74) is 1.99. The topological polar surface area (TPSA) is 112 Å². The molecule has 5 heterocycles. The zero-order valence-corrected chi connectivity index (χ0v) is 20.3. The largest absolute Gasteiger partial charge is 0.461 e. The van der Waals surface area contributed by atoms with Crippen molar-refractivity contribution in [1.82, 2.24) is 30.0 Å². The van der Waals surface area contributed by atoms with E-state index in [1.54, 1.807) is 13.2 Å². The van der Waals surface area contributed by atoms with Crippen LogP contribution in [0.3, 0.4) is 0 Å². The van der Waals surface area contributed by atoms with E-state index in [2.05, 4.69) is 35.4 Å². The van der Waals surface area contributed by atoms with E-state index >= 15 is 4.39 Å². The number of hydrogen-bond acceptors (Lipinski definition) is 7. The predicted octanol–water partition coefficient (Wildman–Crippen LogP) is 3.61. The predicted molar refractivity (Wildman–Crippen MR) is 133 cm³/mol. The maximum Gasteiger partial charge on any atom is 0.319 e. The number of aromatic amines is 2. The molecule has 2 aliphatic heterocycles. The smallest absolute Gasteiger partial charge is 0.319 e. The zero-order valence-electron chi connectivity index (χ0n) is 20.3. The van der Waals surface area contributed by atoms with Gasteiger partial charge in [0.15, 0.2) is 5.82 Å². The lowest BCUT2D eigenvalue weighted by Crippen LogP contribution is -2.43. The second-order valence-corrected chi connectivity index (χ2v) is 9.86. The number of nitrogens with one attached hydrogen (secondary N) is 3. The molecule has 2 saturated heterocycles. The van der Waals surface area contributed by atoms with Crippen LogP contribution in [0.4, 0.5) is 14.6 Å². The fourth-order valence-electron chi connectivity index (χ4n) is 5.88. The first-order chi connectivity index (χ1) is 17.3. The van der Waals surface area contributed by atoms with Gasteiger partial charge in [-0.25, -0.2) is 8.78 Å². The number of halogens is 2. The van der Waals surface area contributed by atoms with E-state index in [1.807, 2.05) is 19.9 Å². The Morgan fingerprint density at radius 1 is 1.33 bits per heavy atom. The fraction of sp³-hybridized carbons (Fsp3) is 0.440. The van der Waals surface area contributed by atoms with Gasteiger partial charge in [0.1, 0.15) is 29.5 Å². The molecule has 0 saturated carbocycles. The molecule has 11 heteroatoms. The van der Waals surface area contributed by atoms with Crippen LogP contribution in [-0.2, 0) is 0 Å². The highest BCUT2D eigenvalue weighted by Gasteiger charge is 2.49. The highest BCUT2D eigenvalue weighted by Crippen LogP contribution is 2.40. The Kier molecular flexibility index (Phi) is 5.22. The average molecular weight is 496 g/mol. The maximum atomic E-state index is 16.2. The van der Waals surface area contributed by atoms with Crippen molar-refractivity contribution in [2.24, 2.45) is 0 Å². The van der Waals surface area contributed by atoms with E-state index in [9.17, 15) is 9.18 Å². The van der Waals surface area contributed by atoms with Gasteiger partial charge in [0.2, 0.25) is 0 Å². The Morgan fingerprint density at radius 3 is 2.97 bits per heavy atom. The van der Waals surface area contributed by atoms with Crippen LogP contribution in [0.1, 0.15) is 30.4 Å². The van der Waals surface area contributed by atoms with Gasteiger partial charge < -0.3 is 15.0 Å². The summed E-state index contributed by atoms with van der Waals surface area (Å²) in [7, 11) is 1.60. The van der Waals surface area contributed by atoms with E-state index < -0.39 is 23.1 Å². The molecule has 6 rings (SSSR count). The van der Waals surface area contributed by atoms with Gasteiger partial charge in [-0.3, -0.25) is 14.8 Å². The molecule has 1 aromatic carbocycles. The summed E-state index contributed by atoms with van der Waals surface area (Å²) >= 11 is 0. The van der Waals surface area contributed by atoms with E-state index in [0.717, 1.165) is 36.0 Å². The van der Waals surface area contributed by atoms with Crippen molar-refractivity contribution in [2.75, 3.05) is 32.1 Å². The molecule has 3 N–H and O–H groups in total. The average Bonchev–Trinajstić information content (AvgIpc) is 3.54. The molecule has 0 amide bonds. The minimum Gasteiger partial charge on any atom is -0.461 e. The van der Waals surface area contributed by atoms with Crippen molar-refractivity contribution >= 4 is 27.6 Å². The SMILES string of the molecule is CNc1nc(OC[C@@]23CCCN2C[C@H](F)C3)nc2c(F)c(-c3c(C)c(C)cc4[nH]ncc34)[nH]c(=O)c12. The highest BCUT2D eigenvalue weighted by atomic mass is 19.1. The van der Waals surface area contributed by atoms with Crippen molar-refractivity contribution in [2.45, 2.75) is 44.8 Å². The molecule has 4 aromatic rings. The van der Waals surface area contributed by atoms with Crippen molar-refractivity contribution < 1.29 is 13.5 Å². The summed E-state index contributed by atoms with van der Waals surface area (Å²) < 4.78 is 36.3. The number of hydrogen-bond donors (Lipinski definition) is 3. The van der Waals surface area contributed by atoms with Gasteiger partial charge in [-0.2, -0.15) is 15.1 Å². The van der Waals surface area contributed by atoms with E-state index in [4.69, 9.17) is 4.74 Å². The van der Waals surface area contributed by atoms with Gasteiger partial charge >= 0.3 is 6.01 Å². The van der Waals surface area contributed by atoms with Gasteiger partial charge in [-0.05, 0) is 50.4 Å². The number of aromatic nitrogens is 5. The monoisotopic (exact) mass is 495 g/mol. The summed E-state index contributed by atoms with van der Waals surface area (Å²) in [5.74, 6) is -0.526. The molecule has 2 atom stereocenters. The van der Waals surface area contributed by atoms with Gasteiger partial charge in [0.25, 0.3) is 5.56 Å². The van der Waals surface area contributed by atoms with E-state index in [0.29, 0.717) is 23.9 Å². The van der Waals surface area contributed by atoms with Gasteiger partial charge in [0, 0.05) is 31.0 Å². The minimum atomic E-state index is -0.893. The van der Waals surface area contributed by atoms with Crippen molar-refractivity contribution in [1.29, 1.82) is 0 Å². The molecular formula is C25H27F2N7O2. The Balaban J connectivity index is 1.48. The molecule has 0 radical (unpaired) electrons. The second-order valence-electron chi connectivity index (χ2n) is 9.86. The van der Waals surface area contributed by atoms with Crippen LogP contribution in [0, 0.1) is 19.7 Å². The van der Waals surface area contributed by atoms with Gasteiger partial charge in [-0.15, -0.1) is 0 Å². The molecule has 9 nitrogen and oxygen atoms in total. The lowest BCUT2D eigenvalue weighted by atomic mass is 9.95. The van der Waals surface area contributed by atoms with Gasteiger partial charge in [-0.1, -0.05) is 0 Å². The Morgan fingerprint density at radius 2 is 2.17 bits per heavy atom. The lowest BCUT2D eigenvalue weighted by Gasteiger charge is -2.30. The van der Waals surface area contributed by atoms with Crippen molar-refractivity contribution in [3.05, 3.63) is 39.6 Å². The molecule has 188 valence electrons. The van der Waals surface area contributed by atoms with E-state index in [-0.39, 0.29) is 35.0 Å². The van der Waals surface area contributed by atoms with Crippen LogP contribution in [0.25, 0.3) is 33.1 Å². The molecule has 36 heavy (non-hydrogen) atoms. The minimum absolute atomic E-state index is 0.00480. The van der Waals surface area contributed by atoms with Crippen LogP contribution in [-0.4, -0.2) is 68.5 Å². The van der Waals surface area contributed by atoms with E-state index in [1.165, 1.54) is 0 Å². The Bertz CT molecular complexity index is 1570. The molecule has 0 aliphatic carbocycles. The van der Waals surface area contributed by atoms with Crippen LogP contribution in [0.2, 0.25) is 0 Å². The first-order valence-electron chi connectivity index (χ1n) is 12.1. The quantitative estimate of drug-likeness (QED) is 0.388. The Hall–Kier alpha value is -3.60. The molecule has 0 bridgehead atoms. The van der Waals surface area contributed by atoms with Crippen LogP contribution in [0.5, 0.6) is 6.01 Å². The number of benzene rings is 1. The number of fused-ring (bicyclic) bond motifs is 3. The summed E-state index contributed by atoms with van der Waals surface area (Å²) in [6.07, 6.45) is 2.91. The molecule has 0 spiro atoms. The number of pyridine rings is 1. The first-order valence-corrected chi connectivity index (χ1v) is 12.1. The molecular weight excluding hydrogens is 468 g/mol. The number of aryl methyl sites for hydroxylation is 1. The number of rotatable bonds is 5. The number of nitrogens with zero attached hydrogens (tertiary/aromatic N) is 4. The summed E-state index contributed by atoms with van der Waals surface area (Å²) in [4.78, 5) is 26.7. The summed E-state index contributed by atoms with van der Waals surface area (Å²) in [5, 5.41) is 10.6. The van der Waals surface area contributed by atoms with Crippen molar-refractivity contribution in [3.8, 4) is 17.3 Å². The third-order valence-corrected chi connectivity index (χ3v) is 7.76. The Labute approximate surface area is 205 Å². The lowest BCUT2D eigenvalue weighted by molar-refractivity contribution is 0.107. The summed E-state index contributed by atoms with van der Waals surface area (Å²) in [6.45, 7) is 5.22. The maximum absolute atomic E-state index is 16.2. The number of anilines is 1. The highest BCUT2D eigenvalue weighted by molar-refractivity contribution is 5.99. The second kappa shape index (κ2) is 8.22. The number of ether oxygens (including phenoxy) is 1. The van der Waals surface area contributed by atoms with Crippen LogP contribution in [0.15, 0.2) is 17.1 Å². The summed E-state index contributed by atoms with van der Waals surface area (Å²) in [6, 6.07) is 1.88. The molecule has 2 aliphatic rings. The standard InChI is InChI=1S/C25H27F2N7O2/c1-12-7-16-15(9-29-33-16)17(13(12)2)20-19(27)21-18(23(35)30-20)22(28-3)32-24(31-21)36-11-25-5-4-6-34(25)10-14(26)8-25/h7,9,14H,4-6,8,10-11H2,1-3H3,(H,29,33)(H,30,35)(H,28,31,32)/t14-,25+/m1/s1. The van der Waals surface area contributed by atoms with Crippen LogP contribution >= 0.6 is 0 Å². The molecule has 3 aromatic heterocycles. The third-order valence-electron chi connectivity index (χ3n) is 7.76. The normalized spacial score (nSPS) is 22.0. The molecule has 2 fully saturated rings.